The lowest BCUT2D eigenvalue weighted by Gasteiger charge is -2.50. The summed E-state index contributed by atoms with van der Waals surface area (Å²) >= 11 is 0. The van der Waals surface area contributed by atoms with Gasteiger partial charge in [0.25, 0.3) is 0 Å². The molecule has 1 atom stereocenters. The van der Waals surface area contributed by atoms with E-state index in [0.717, 1.165) is 18.9 Å². The number of hydrogen-bond acceptors (Lipinski definition) is 1. The summed E-state index contributed by atoms with van der Waals surface area (Å²) in [4.78, 5) is 0. The van der Waals surface area contributed by atoms with Crippen molar-refractivity contribution >= 4 is 37.1 Å². The second-order valence-electron chi connectivity index (χ2n) is 10.1. The van der Waals surface area contributed by atoms with Crippen LogP contribution in [-0.2, 0) is 4.74 Å². The molecule has 1 unspecified atom stereocenters. The van der Waals surface area contributed by atoms with Crippen molar-refractivity contribution in [1.29, 1.82) is 0 Å². The minimum absolute atomic E-state index is 0.0316. The van der Waals surface area contributed by atoms with Gasteiger partial charge in [0.1, 0.15) is 0 Å². The van der Waals surface area contributed by atoms with Crippen LogP contribution < -0.4 is 21.2 Å². The zero-order chi connectivity index (χ0) is 25.7. The van der Waals surface area contributed by atoms with E-state index in [1.807, 2.05) is 0 Å². The molecule has 0 aromatic heterocycles. The first kappa shape index (κ1) is 26.1. The van der Waals surface area contributed by atoms with Crippen LogP contribution in [0.1, 0.15) is 20.8 Å². The van der Waals surface area contributed by atoms with E-state index in [-0.39, 0.29) is 11.5 Å². The molecule has 3 heteroatoms. The lowest BCUT2D eigenvalue weighted by Crippen LogP contribution is -2.48. The summed E-state index contributed by atoms with van der Waals surface area (Å²) in [6.45, 7) is 7.65. The fourth-order valence-corrected chi connectivity index (χ4v) is 10.5. The van der Waals surface area contributed by atoms with Gasteiger partial charge in [-0.2, -0.15) is 0 Å². The van der Waals surface area contributed by atoms with Crippen molar-refractivity contribution in [2.75, 3.05) is 18.9 Å². The average Bonchev–Trinajstić information content (AvgIpc) is 2.95. The predicted molar refractivity (Wildman–Crippen MR) is 164 cm³/mol. The molecule has 0 spiro atoms. The fourth-order valence-electron chi connectivity index (χ4n) is 5.47. The first-order chi connectivity index (χ1) is 18.1. The van der Waals surface area contributed by atoms with Crippen LogP contribution in [0.4, 0.5) is 0 Å². The van der Waals surface area contributed by atoms with Crippen LogP contribution in [0.3, 0.4) is 0 Å². The highest BCUT2D eigenvalue weighted by Gasteiger charge is 2.48. The zero-order valence-corrected chi connectivity index (χ0v) is 23.8. The van der Waals surface area contributed by atoms with Gasteiger partial charge in [-0.15, -0.1) is 0 Å². The minimum Gasteiger partial charge on any atom is -0.373 e. The van der Waals surface area contributed by atoms with Gasteiger partial charge in [-0.1, -0.05) is 141 Å². The molecule has 0 fully saturated rings. The fraction of sp³-hybridized carbons (Fsp3) is 0.235. The molecule has 0 heterocycles. The quantitative estimate of drug-likeness (QED) is 0.161. The number of rotatable bonds is 10. The molecule has 0 amide bonds. The van der Waals surface area contributed by atoms with Gasteiger partial charge in [0.15, 0.2) is 0 Å². The van der Waals surface area contributed by atoms with Crippen LogP contribution in [-0.4, -0.2) is 25.0 Å². The van der Waals surface area contributed by atoms with E-state index in [0.29, 0.717) is 0 Å². The summed E-state index contributed by atoms with van der Waals surface area (Å²) in [7, 11) is -1.01. The van der Waals surface area contributed by atoms with E-state index < -0.39 is 15.8 Å². The average molecular weight is 523 g/mol. The first-order valence-corrected chi connectivity index (χ1v) is 16.2. The molecule has 4 aromatic carbocycles. The van der Waals surface area contributed by atoms with E-state index in [2.05, 4.69) is 142 Å². The Labute approximate surface area is 225 Å². The van der Waals surface area contributed by atoms with Gasteiger partial charge in [0.2, 0.25) is 0 Å². The molecule has 0 saturated carbocycles. The Morgan fingerprint density at radius 2 is 0.919 bits per heavy atom. The Morgan fingerprint density at radius 3 is 1.27 bits per heavy atom. The van der Waals surface area contributed by atoms with Crippen LogP contribution in [0.25, 0.3) is 0 Å². The normalized spacial score (nSPS) is 16.7. The predicted octanol–water partition coefficient (Wildman–Crippen LogP) is 6.99. The number of ether oxygens (including phenoxy) is 1. The number of benzene rings is 4. The summed E-state index contributed by atoms with van der Waals surface area (Å²) in [6, 6.07) is 44.4. The van der Waals surface area contributed by atoms with E-state index in [1.165, 1.54) is 26.8 Å². The molecular formula is C34H36OP2. The molecule has 188 valence electrons. The summed E-state index contributed by atoms with van der Waals surface area (Å²) in [6.07, 6.45) is 2.31. The topological polar surface area (TPSA) is 9.23 Å². The van der Waals surface area contributed by atoms with Gasteiger partial charge >= 0.3 is 0 Å². The molecule has 0 radical (unpaired) electrons. The zero-order valence-electron chi connectivity index (χ0n) is 22.0. The molecule has 1 aliphatic rings. The van der Waals surface area contributed by atoms with Gasteiger partial charge in [0, 0.05) is 12.0 Å². The largest absolute Gasteiger partial charge is 0.373 e. The Kier molecular flexibility index (Phi) is 8.36. The summed E-state index contributed by atoms with van der Waals surface area (Å²) in [5.41, 5.74) is 3.17. The Bertz CT molecular complexity index is 1220. The maximum absolute atomic E-state index is 6.46. The Hall–Kier alpha value is -2.56. The Morgan fingerprint density at radius 1 is 0.568 bits per heavy atom. The standard InChI is InChI=1S/C34H36OP2/c1-4-35-33-31(25-36(27-17-9-5-10-18-27)28-19-11-6-12-20-28)32(34(33,2)3)26-37(29-21-13-7-14-22-29)30-23-15-8-16-24-30/h5-24,33H,4,25-26H2,1-3H3. The van der Waals surface area contributed by atoms with E-state index in [4.69, 9.17) is 4.74 Å². The van der Waals surface area contributed by atoms with Gasteiger partial charge in [-0.05, 0) is 61.9 Å². The van der Waals surface area contributed by atoms with Crippen molar-refractivity contribution in [2.45, 2.75) is 26.9 Å². The van der Waals surface area contributed by atoms with Gasteiger partial charge in [0.05, 0.1) is 6.10 Å². The van der Waals surface area contributed by atoms with Crippen LogP contribution >= 0.6 is 15.8 Å². The molecule has 4 aromatic rings. The maximum Gasteiger partial charge on any atom is 0.0879 e. The third kappa shape index (κ3) is 5.66. The second-order valence-corrected chi connectivity index (χ2v) is 14.5. The minimum atomic E-state index is -0.514. The van der Waals surface area contributed by atoms with Gasteiger partial charge in [-0.3, -0.25) is 0 Å². The van der Waals surface area contributed by atoms with E-state index in [1.54, 1.807) is 5.57 Å². The lowest BCUT2D eigenvalue weighted by atomic mass is 9.65. The smallest absolute Gasteiger partial charge is 0.0879 e. The molecule has 0 N–H and O–H groups in total. The van der Waals surface area contributed by atoms with Crippen molar-refractivity contribution in [1.82, 2.24) is 0 Å². The monoisotopic (exact) mass is 522 g/mol. The van der Waals surface area contributed by atoms with Crippen LogP contribution in [0.2, 0.25) is 0 Å². The highest BCUT2D eigenvalue weighted by Crippen LogP contribution is 2.55. The van der Waals surface area contributed by atoms with Gasteiger partial charge in [-0.25, -0.2) is 0 Å². The highest BCUT2D eigenvalue weighted by molar-refractivity contribution is 7.73. The van der Waals surface area contributed by atoms with E-state index in [9.17, 15) is 0 Å². The molecule has 0 bridgehead atoms. The molecule has 1 nitrogen and oxygen atoms in total. The summed E-state index contributed by atoms with van der Waals surface area (Å²) < 4.78 is 6.46. The van der Waals surface area contributed by atoms with Crippen LogP contribution in [0.15, 0.2) is 132 Å². The van der Waals surface area contributed by atoms with Crippen molar-refractivity contribution in [3.8, 4) is 0 Å². The molecule has 0 aliphatic heterocycles. The second kappa shape index (κ2) is 11.9. The molecule has 0 saturated heterocycles. The van der Waals surface area contributed by atoms with Crippen molar-refractivity contribution in [3.05, 3.63) is 132 Å². The molecule has 5 rings (SSSR count). The van der Waals surface area contributed by atoms with Crippen molar-refractivity contribution in [2.24, 2.45) is 5.41 Å². The Balaban J connectivity index is 1.58. The van der Waals surface area contributed by atoms with Crippen LogP contribution in [0.5, 0.6) is 0 Å². The molecule has 1 aliphatic carbocycles. The third-order valence-corrected chi connectivity index (χ3v) is 12.4. The van der Waals surface area contributed by atoms with Gasteiger partial charge < -0.3 is 4.74 Å². The maximum atomic E-state index is 6.46. The summed E-state index contributed by atoms with van der Waals surface area (Å²) in [5, 5.41) is 5.76. The molecule has 37 heavy (non-hydrogen) atoms. The highest BCUT2D eigenvalue weighted by atomic mass is 31.1. The third-order valence-electron chi connectivity index (χ3n) is 7.39. The summed E-state index contributed by atoms with van der Waals surface area (Å²) in [5.74, 6) is 0. The van der Waals surface area contributed by atoms with Crippen LogP contribution in [0, 0.1) is 5.41 Å². The SMILES string of the molecule is CCOC1C(CP(c2ccccc2)c2ccccc2)=C(CP(c2ccccc2)c2ccccc2)C1(C)C. The molecular weight excluding hydrogens is 486 g/mol. The first-order valence-electron chi connectivity index (χ1n) is 13.2. The number of hydrogen-bond donors (Lipinski definition) is 0. The lowest BCUT2D eigenvalue weighted by molar-refractivity contribution is -0.00175. The van der Waals surface area contributed by atoms with E-state index >= 15 is 0 Å². The van der Waals surface area contributed by atoms with Crippen molar-refractivity contribution < 1.29 is 4.74 Å². The van der Waals surface area contributed by atoms with Crippen molar-refractivity contribution in [3.63, 3.8) is 0 Å².